The molecule has 1 aliphatic rings. The van der Waals surface area contributed by atoms with Crippen LogP contribution in [0.2, 0.25) is 0 Å². The number of amides is 1. The summed E-state index contributed by atoms with van der Waals surface area (Å²) in [6.45, 7) is 4.88. The summed E-state index contributed by atoms with van der Waals surface area (Å²) in [5.74, 6) is 2.33. The third-order valence-corrected chi connectivity index (χ3v) is 5.66. The van der Waals surface area contributed by atoms with Gasteiger partial charge >= 0.3 is 0 Å². The van der Waals surface area contributed by atoms with E-state index in [1.54, 1.807) is 12.3 Å². The molecule has 0 aliphatic carbocycles. The maximum Gasteiger partial charge on any atom is 0.248 e. The van der Waals surface area contributed by atoms with Crippen molar-refractivity contribution < 1.29 is 9.53 Å². The number of nitrogens with one attached hydrogen (secondary N) is 1. The summed E-state index contributed by atoms with van der Waals surface area (Å²) in [5.41, 5.74) is 2.70. The van der Waals surface area contributed by atoms with Gasteiger partial charge in [-0.05, 0) is 60.2 Å². The van der Waals surface area contributed by atoms with E-state index in [1.165, 1.54) is 18.9 Å². The lowest BCUT2D eigenvalue weighted by molar-refractivity contribution is -0.111. The highest BCUT2D eigenvalue weighted by molar-refractivity contribution is 6.01. The first-order valence-corrected chi connectivity index (χ1v) is 11.1. The molecule has 32 heavy (non-hydrogen) atoms. The Morgan fingerprint density at radius 3 is 2.66 bits per heavy atom. The Morgan fingerprint density at radius 1 is 1.09 bits per heavy atom. The van der Waals surface area contributed by atoms with Gasteiger partial charge in [0.2, 0.25) is 5.91 Å². The summed E-state index contributed by atoms with van der Waals surface area (Å²) in [6, 6.07) is 21.6. The quantitative estimate of drug-likeness (QED) is 0.503. The summed E-state index contributed by atoms with van der Waals surface area (Å²) in [5, 5.41) is 2.87. The fourth-order valence-corrected chi connectivity index (χ4v) is 3.69. The molecule has 0 spiro atoms. The van der Waals surface area contributed by atoms with Crippen molar-refractivity contribution >= 4 is 23.5 Å². The van der Waals surface area contributed by atoms with Crippen molar-refractivity contribution in [1.82, 2.24) is 4.98 Å². The van der Waals surface area contributed by atoms with Crippen LogP contribution in [-0.2, 0) is 11.4 Å². The fraction of sp³-hybridized carbons (Fsp3) is 0.259. The highest BCUT2D eigenvalue weighted by atomic mass is 16.5. The lowest BCUT2D eigenvalue weighted by atomic mass is 9.99. The molecule has 1 aromatic heterocycles. The van der Waals surface area contributed by atoms with Gasteiger partial charge in [-0.1, -0.05) is 49.4 Å². The molecular weight excluding hydrogens is 398 g/mol. The number of carbonyl (C=O) groups is 1. The Labute approximate surface area is 189 Å². The van der Waals surface area contributed by atoms with E-state index in [0.717, 1.165) is 41.7 Å². The predicted octanol–water partition coefficient (Wildman–Crippen LogP) is 5.55. The molecule has 1 amide bonds. The molecule has 0 radical (unpaired) electrons. The number of rotatable bonds is 7. The summed E-state index contributed by atoms with van der Waals surface area (Å²) >= 11 is 0. The molecule has 1 N–H and O–H groups in total. The molecule has 5 nitrogen and oxygen atoms in total. The Morgan fingerprint density at radius 2 is 1.91 bits per heavy atom. The van der Waals surface area contributed by atoms with Crippen LogP contribution in [0.3, 0.4) is 0 Å². The molecule has 4 rings (SSSR count). The van der Waals surface area contributed by atoms with E-state index in [0.29, 0.717) is 12.3 Å². The molecule has 164 valence electrons. The van der Waals surface area contributed by atoms with Crippen LogP contribution in [0, 0.1) is 5.92 Å². The number of pyridine rings is 1. The SMILES string of the molecule is CC1CCN(c2ccc(NC(=O)/C=C/c3cccc(OCc4ccccc4)c3)cn2)CC1. The van der Waals surface area contributed by atoms with E-state index in [1.807, 2.05) is 66.7 Å². The first kappa shape index (κ1) is 21.6. The van der Waals surface area contributed by atoms with Crippen molar-refractivity contribution in [2.75, 3.05) is 23.3 Å². The third-order valence-electron chi connectivity index (χ3n) is 5.66. The normalized spacial score (nSPS) is 14.5. The van der Waals surface area contributed by atoms with Crippen LogP contribution >= 0.6 is 0 Å². The zero-order valence-electron chi connectivity index (χ0n) is 18.4. The topological polar surface area (TPSA) is 54.5 Å². The number of piperidine rings is 1. The molecule has 5 heteroatoms. The average Bonchev–Trinajstić information content (AvgIpc) is 2.83. The number of anilines is 2. The minimum atomic E-state index is -0.193. The molecule has 0 atom stereocenters. The summed E-state index contributed by atoms with van der Waals surface area (Å²) in [6.07, 6.45) is 7.42. The number of carbonyl (C=O) groups excluding carboxylic acids is 1. The van der Waals surface area contributed by atoms with Gasteiger partial charge in [0.1, 0.15) is 18.2 Å². The van der Waals surface area contributed by atoms with Crippen LogP contribution in [0.4, 0.5) is 11.5 Å². The van der Waals surface area contributed by atoms with Crippen LogP contribution in [0.5, 0.6) is 5.75 Å². The molecule has 0 saturated carbocycles. The van der Waals surface area contributed by atoms with Gasteiger partial charge < -0.3 is 15.0 Å². The molecule has 3 aromatic rings. The minimum Gasteiger partial charge on any atom is -0.489 e. The van der Waals surface area contributed by atoms with E-state index in [2.05, 4.69) is 22.1 Å². The fourth-order valence-electron chi connectivity index (χ4n) is 3.69. The zero-order valence-corrected chi connectivity index (χ0v) is 18.4. The van der Waals surface area contributed by atoms with E-state index >= 15 is 0 Å². The summed E-state index contributed by atoms with van der Waals surface area (Å²) in [7, 11) is 0. The van der Waals surface area contributed by atoms with Crippen LogP contribution in [-0.4, -0.2) is 24.0 Å². The maximum absolute atomic E-state index is 12.3. The Hall–Kier alpha value is -3.60. The minimum absolute atomic E-state index is 0.193. The van der Waals surface area contributed by atoms with E-state index in [-0.39, 0.29) is 5.91 Å². The lowest BCUT2D eigenvalue weighted by Gasteiger charge is -2.31. The van der Waals surface area contributed by atoms with E-state index < -0.39 is 0 Å². The van der Waals surface area contributed by atoms with Gasteiger partial charge in [-0.25, -0.2) is 4.98 Å². The maximum atomic E-state index is 12.3. The van der Waals surface area contributed by atoms with Gasteiger partial charge in [-0.2, -0.15) is 0 Å². The number of hydrogen-bond donors (Lipinski definition) is 1. The second kappa shape index (κ2) is 10.6. The van der Waals surface area contributed by atoms with Gasteiger partial charge in [-0.15, -0.1) is 0 Å². The predicted molar refractivity (Wildman–Crippen MR) is 130 cm³/mol. The highest BCUT2D eigenvalue weighted by Crippen LogP contribution is 2.22. The Kier molecular flexibility index (Phi) is 7.18. The summed E-state index contributed by atoms with van der Waals surface area (Å²) < 4.78 is 5.86. The number of hydrogen-bond acceptors (Lipinski definition) is 4. The van der Waals surface area contributed by atoms with Gasteiger partial charge in [0.25, 0.3) is 0 Å². The van der Waals surface area contributed by atoms with Gasteiger partial charge in [0, 0.05) is 19.2 Å². The molecule has 2 aromatic carbocycles. The summed E-state index contributed by atoms with van der Waals surface area (Å²) in [4.78, 5) is 19.2. The molecule has 1 aliphatic heterocycles. The monoisotopic (exact) mass is 427 g/mol. The highest BCUT2D eigenvalue weighted by Gasteiger charge is 2.16. The molecular formula is C27H29N3O2. The van der Waals surface area contributed by atoms with E-state index in [9.17, 15) is 4.79 Å². The second-order valence-electron chi connectivity index (χ2n) is 8.24. The molecule has 1 saturated heterocycles. The van der Waals surface area contributed by atoms with Crippen molar-refractivity contribution in [3.8, 4) is 5.75 Å². The van der Waals surface area contributed by atoms with Gasteiger partial charge in [-0.3, -0.25) is 4.79 Å². The molecule has 0 unspecified atom stereocenters. The van der Waals surface area contributed by atoms with Crippen molar-refractivity contribution in [2.24, 2.45) is 5.92 Å². The molecule has 1 fully saturated rings. The standard InChI is InChI=1S/C27H29N3O2/c1-21-14-16-30(17-15-21)26-12-11-24(19-28-26)29-27(31)13-10-22-8-5-9-25(18-22)32-20-23-6-3-2-4-7-23/h2-13,18-19,21H,14-17,20H2,1H3,(H,29,31)/b13-10+. The van der Waals surface area contributed by atoms with Crippen molar-refractivity contribution in [2.45, 2.75) is 26.4 Å². The Balaban J connectivity index is 1.29. The zero-order chi connectivity index (χ0) is 22.2. The first-order valence-electron chi connectivity index (χ1n) is 11.1. The van der Waals surface area contributed by atoms with Gasteiger partial charge in [0.05, 0.1) is 11.9 Å². The number of benzene rings is 2. The van der Waals surface area contributed by atoms with Gasteiger partial charge in [0.15, 0.2) is 0 Å². The number of nitrogens with zero attached hydrogens (tertiary/aromatic N) is 2. The number of aromatic nitrogens is 1. The largest absolute Gasteiger partial charge is 0.489 e. The lowest BCUT2D eigenvalue weighted by Crippen LogP contribution is -2.33. The van der Waals surface area contributed by atoms with Crippen molar-refractivity contribution in [1.29, 1.82) is 0 Å². The number of ether oxygens (including phenoxy) is 1. The van der Waals surface area contributed by atoms with E-state index in [4.69, 9.17) is 4.74 Å². The Bertz CT molecular complexity index is 1040. The van der Waals surface area contributed by atoms with Crippen LogP contribution in [0.25, 0.3) is 6.08 Å². The van der Waals surface area contributed by atoms with Crippen LogP contribution in [0.15, 0.2) is 79.0 Å². The molecule has 0 bridgehead atoms. The van der Waals surface area contributed by atoms with Crippen molar-refractivity contribution in [3.63, 3.8) is 0 Å². The van der Waals surface area contributed by atoms with Crippen LogP contribution < -0.4 is 15.0 Å². The molecule has 2 heterocycles. The first-order chi connectivity index (χ1) is 15.7. The smallest absolute Gasteiger partial charge is 0.248 e. The second-order valence-corrected chi connectivity index (χ2v) is 8.24. The third kappa shape index (κ3) is 6.20. The van der Waals surface area contributed by atoms with Crippen molar-refractivity contribution in [3.05, 3.63) is 90.1 Å². The van der Waals surface area contributed by atoms with Crippen LogP contribution in [0.1, 0.15) is 30.9 Å². The average molecular weight is 428 g/mol.